The van der Waals surface area contributed by atoms with Crippen molar-refractivity contribution in [2.45, 2.75) is 53.5 Å². The van der Waals surface area contributed by atoms with Crippen LogP contribution in [0.25, 0.3) is 0 Å². The summed E-state index contributed by atoms with van der Waals surface area (Å²) in [5.74, 6) is 0.627. The lowest BCUT2D eigenvalue weighted by molar-refractivity contribution is 0.218. The van der Waals surface area contributed by atoms with Crippen molar-refractivity contribution in [3.05, 3.63) is 0 Å². The Balaban J connectivity index is 3.89. The Kier molecular flexibility index (Phi) is 10.7. The van der Waals surface area contributed by atoms with Gasteiger partial charge in [0.1, 0.15) is 0 Å². The fraction of sp³-hybridized carbons (Fsp3) is 1.00. The van der Waals surface area contributed by atoms with Crippen molar-refractivity contribution in [3.8, 4) is 0 Å². The van der Waals surface area contributed by atoms with Gasteiger partial charge in [0.2, 0.25) is 0 Å². The first-order valence-corrected chi connectivity index (χ1v) is 7.79. The van der Waals surface area contributed by atoms with Crippen LogP contribution in [0, 0.1) is 5.92 Å². The molecular formula is C15H35N3. The molecule has 3 heteroatoms. The number of rotatable bonds is 11. The molecule has 0 aliphatic carbocycles. The summed E-state index contributed by atoms with van der Waals surface area (Å²) in [4.78, 5) is 4.99. The molecule has 0 amide bonds. The Morgan fingerprint density at radius 2 is 1.39 bits per heavy atom. The molecule has 0 saturated heterocycles. The Hall–Kier alpha value is -0.120. The van der Waals surface area contributed by atoms with Crippen LogP contribution in [-0.4, -0.2) is 55.1 Å². The van der Waals surface area contributed by atoms with Crippen LogP contribution in [0.2, 0.25) is 0 Å². The first-order chi connectivity index (χ1) is 8.58. The monoisotopic (exact) mass is 257 g/mol. The van der Waals surface area contributed by atoms with Crippen molar-refractivity contribution in [1.82, 2.24) is 9.80 Å². The van der Waals surface area contributed by atoms with E-state index < -0.39 is 0 Å². The van der Waals surface area contributed by atoms with Gasteiger partial charge in [-0.2, -0.15) is 0 Å². The van der Waals surface area contributed by atoms with Crippen LogP contribution >= 0.6 is 0 Å². The fourth-order valence-electron chi connectivity index (χ4n) is 2.22. The number of hydrogen-bond donors (Lipinski definition) is 1. The molecule has 18 heavy (non-hydrogen) atoms. The van der Waals surface area contributed by atoms with E-state index in [1.807, 2.05) is 0 Å². The number of hydrogen-bond acceptors (Lipinski definition) is 3. The molecule has 0 aliphatic rings. The molecule has 2 N–H and O–H groups in total. The lowest BCUT2D eigenvalue weighted by Gasteiger charge is -2.28. The number of nitrogens with zero attached hydrogens (tertiary/aromatic N) is 2. The summed E-state index contributed by atoms with van der Waals surface area (Å²) in [6, 6.07) is 0.323. The van der Waals surface area contributed by atoms with Gasteiger partial charge in [0.05, 0.1) is 0 Å². The first-order valence-electron chi connectivity index (χ1n) is 7.79. The molecule has 0 aromatic heterocycles. The third-order valence-corrected chi connectivity index (χ3v) is 4.13. The number of nitrogens with two attached hydrogens (primary N) is 1. The van der Waals surface area contributed by atoms with E-state index in [0.29, 0.717) is 12.0 Å². The molecular weight excluding hydrogens is 222 g/mol. The molecule has 110 valence electrons. The highest BCUT2D eigenvalue weighted by Gasteiger charge is 2.14. The molecule has 0 fully saturated rings. The first kappa shape index (κ1) is 17.9. The highest BCUT2D eigenvalue weighted by atomic mass is 15.1. The van der Waals surface area contributed by atoms with Gasteiger partial charge >= 0.3 is 0 Å². The van der Waals surface area contributed by atoms with Crippen LogP contribution in [0.4, 0.5) is 0 Å². The van der Waals surface area contributed by atoms with Gasteiger partial charge in [0.15, 0.2) is 0 Å². The predicted octanol–water partition coefficient (Wildman–Crippen LogP) is 2.41. The maximum absolute atomic E-state index is 6.24. The molecule has 0 aromatic rings. The van der Waals surface area contributed by atoms with E-state index in [1.54, 1.807) is 0 Å². The summed E-state index contributed by atoms with van der Waals surface area (Å²) in [6.45, 7) is 18.1. The summed E-state index contributed by atoms with van der Waals surface area (Å²) in [5, 5.41) is 0. The molecule has 2 unspecified atom stereocenters. The summed E-state index contributed by atoms with van der Waals surface area (Å²) in [6.07, 6.45) is 2.43. The van der Waals surface area contributed by atoms with E-state index in [1.165, 1.54) is 25.9 Å². The van der Waals surface area contributed by atoms with Crippen molar-refractivity contribution in [1.29, 1.82) is 0 Å². The molecule has 0 radical (unpaired) electrons. The van der Waals surface area contributed by atoms with Crippen LogP contribution in [0.3, 0.4) is 0 Å². The normalized spacial score (nSPS) is 15.3. The van der Waals surface area contributed by atoms with Crippen molar-refractivity contribution < 1.29 is 0 Å². The van der Waals surface area contributed by atoms with Gasteiger partial charge in [-0.1, -0.05) is 41.0 Å². The van der Waals surface area contributed by atoms with Crippen LogP contribution < -0.4 is 5.73 Å². The second kappa shape index (κ2) is 10.8. The highest BCUT2D eigenvalue weighted by Crippen LogP contribution is 2.07. The average Bonchev–Trinajstić information content (AvgIpc) is 2.40. The van der Waals surface area contributed by atoms with Crippen LogP contribution in [-0.2, 0) is 0 Å². The average molecular weight is 257 g/mol. The Morgan fingerprint density at radius 1 is 0.889 bits per heavy atom. The van der Waals surface area contributed by atoms with Gasteiger partial charge in [-0.3, -0.25) is 0 Å². The zero-order valence-electron chi connectivity index (χ0n) is 13.3. The molecule has 0 bridgehead atoms. The largest absolute Gasteiger partial charge is 0.326 e. The minimum absolute atomic E-state index is 0.323. The van der Waals surface area contributed by atoms with Crippen molar-refractivity contribution >= 4 is 0 Å². The van der Waals surface area contributed by atoms with Crippen LogP contribution in [0.1, 0.15) is 47.5 Å². The molecule has 3 nitrogen and oxygen atoms in total. The maximum atomic E-state index is 6.24. The fourth-order valence-corrected chi connectivity index (χ4v) is 2.22. The van der Waals surface area contributed by atoms with E-state index in [-0.39, 0.29) is 0 Å². The molecule has 0 spiro atoms. The minimum Gasteiger partial charge on any atom is -0.326 e. The van der Waals surface area contributed by atoms with Gasteiger partial charge in [-0.05, 0) is 45.1 Å². The molecule has 0 heterocycles. The summed E-state index contributed by atoms with van der Waals surface area (Å²) < 4.78 is 0. The van der Waals surface area contributed by atoms with Gasteiger partial charge in [0.25, 0.3) is 0 Å². The Bertz CT molecular complexity index is 181. The SMILES string of the molecule is CCC(C)C(N)CN(CC)CCCN(CC)CC. The van der Waals surface area contributed by atoms with Gasteiger partial charge in [-0.25, -0.2) is 0 Å². The maximum Gasteiger partial charge on any atom is 0.0193 e. The van der Waals surface area contributed by atoms with E-state index in [4.69, 9.17) is 5.73 Å². The standard InChI is InChI=1S/C15H35N3/c1-6-14(5)15(16)13-18(9-4)12-10-11-17(7-2)8-3/h14-15H,6-13,16H2,1-5H3. The van der Waals surface area contributed by atoms with Crippen molar-refractivity contribution in [2.24, 2.45) is 11.7 Å². The highest BCUT2D eigenvalue weighted by molar-refractivity contribution is 4.73. The second-order valence-electron chi connectivity index (χ2n) is 5.32. The van der Waals surface area contributed by atoms with E-state index >= 15 is 0 Å². The predicted molar refractivity (Wildman–Crippen MR) is 81.9 cm³/mol. The van der Waals surface area contributed by atoms with Gasteiger partial charge in [0, 0.05) is 12.6 Å². The van der Waals surface area contributed by atoms with E-state index in [0.717, 1.165) is 26.2 Å². The summed E-state index contributed by atoms with van der Waals surface area (Å²) in [7, 11) is 0. The molecule has 0 aliphatic heterocycles. The Labute approximate surface area is 115 Å². The van der Waals surface area contributed by atoms with E-state index in [2.05, 4.69) is 44.4 Å². The van der Waals surface area contributed by atoms with Crippen molar-refractivity contribution in [2.75, 3.05) is 39.3 Å². The van der Waals surface area contributed by atoms with Gasteiger partial charge in [-0.15, -0.1) is 0 Å². The molecule has 0 saturated carbocycles. The summed E-state index contributed by atoms with van der Waals surface area (Å²) >= 11 is 0. The Morgan fingerprint density at radius 3 is 1.83 bits per heavy atom. The lowest BCUT2D eigenvalue weighted by Crippen LogP contribution is -2.42. The van der Waals surface area contributed by atoms with Crippen LogP contribution in [0.5, 0.6) is 0 Å². The van der Waals surface area contributed by atoms with Gasteiger partial charge < -0.3 is 15.5 Å². The molecule has 2 atom stereocenters. The quantitative estimate of drug-likeness (QED) is 0.617. The third kappa shape index (κ3) is 7.34. The smallest absolute Gasteiger partial charge is 0.0193 e. The van der Waals surface area contributed by atoms with Crippen LogP contribution in [0.15, 0.2) is 0 Å². The van der Waals surface area contributed by atoms with Crippen molar-refractivity contribution in [3.63, 3.8) is 0 Å². The topological polar surface area (TPSA) is 32.5 Å². The third-order valence-electron chi connectivity index (χ3n) is 4.13. The second-order valence-corrected chi connectivity index (χ2v) is 5.32. The summed E-state index contributed by atoms with van der Waals surface area (Å²) in [5.41, 5.74) is 6.24. The lowest BCUT2D eigenvalue weighted by atomic mass is 9.99. The number of likely N-dealkylation sites (N-methyl/N-ethyl adjacent to an activating group) is 1. The zero-order valence-corrected chi connectivity index (χ0v) is 13.3. The molecule has 0 rings (SSSR count). The molecule has 0 aromatic carbocycles. The zero-order chi connectivity index (χ0) is 14.0. The minimum atomic E-state index is 0.323. The van der Waals surface area contributed by atoms with E-state index in [9.17, 15) is 0 Å².